The monoisotopic (exact) mass is 238 g/mol. The topological polar surface area (TPSA) is 80.7 Å². The predicted molar refractivity (Wildman–Crippen MR) is 52.2 cm³/mol. The van der Waals surface area contributed by atoms with Crippen molar-refractivity contribution in [2.75, 3.05) is 7.11 Å². The van der Waals surface area contributed by atoms with E-state index in [9.17, 15) is 13.2 Å². The number of carbonyl (C=O) groups is 1. The van der Waals surface area contributed by atoms with Crippen molar-refractivity contribution in [3.63, 3.8) is 0 Å². The number of methoxy groups -OCH3 is 1. The normalized spacial score (nSPS) is 31.8. The molecule has 14 heavy (non-hydrogen) atoms. The Kier molecular flexibility index (Phi) is 2.93. The second kappa shape index (κ2) is 3.56. The summed E-state index contributed by atoms with van der Waals surface area (Å²) in [6.45, 7) is 1.53. The van der Waals surface area contributed by atoms with E-state index in [2.05, 4.69) is 4.74 Å². The fourth-order valence-electron chi connectivity index (χ4n) is 1.27. The highest BCUT2D eigenvalue weighted by atomic mass is 32.3. The number of carbonyl (C=O) groups excluding carboxylic acids is 1. The molecule has 1 aliphatic rings. The predicted octanol–water partition coefficient (Wildman–Crippen LogP) is 0.640. The minimum Gasteiger partial charge on any atom is -0.467 e. The number of hydrogen-bond donors (Lipinski definition) is 1. The van der Waals surface area contributed by atoms with Crippen molar-refractivity contribution in [1.29, 1.82) is 0 Å². The van der Waals surface area contributed by atoms with E-state index in [0.717, 1.165) is 18.9 Å². The first-order chi connectivity index (χ1) is 6.36. The zero-order valence-electron chi connectivity index (χ0n) is 7.63. The zero-order chi connectivity index (χ0) is 11.0. The van der Waals surface area contributed by atoms with Gasteiger partial charge in [0.2, 0.25) is 4.08 Å². The molecule has 2 atom stereocenters. The molecule has 0 saturated heterocycles. The summed E-state index contributed by atoms with van der Waals surface area (Å²) in [5.41, 5.74) is 0. The molecule has 0 aliphatic carbocycles. The molecule has 0 saturated carbocycles. The molecule has 0 radical (unpaired) electrons. The fraction of sp³-hybridized carbons (Fsp3) is 0.571. The Bertz CT molecular complexity index is 372. The maximum Gasteiger partial charge on any atom is 0.341 e. The highest BCUT2D eigenvalue weighted by Crippen LogP contribution is 2.45. The van der Waals surface area contributed by atoms with E-state index < -0.39 is 26.1 Å². The lowest BCUT2D eigenvalue weighted by Gasteiger charge is -2.25. The van der Waals surface area contributed by atoms with Crippen LogP contribution in [-0.4, -0.2) is 30.1 Å². The maximum absolute atomic E-state index is 11.4. The second-order valence-electron chi connectivity index (χ2n) is 2.87. The molecule has 80 valence electrons. The van der Waals surface area contributed by atoms with Crippen LogP contribution in [0.2, 0.25) is 0 Å². The summed E-state index contributed by atoms with van der Waals surface area (Å²) in [6.07, 6.45) is 1.54. The van der Waals surface area contributed by atoms with Gasteiger partial charge in [0, 0.05) is 5.92 Å². The Morgan fingerprint density at radius 2 is 2.21 bits per heavy atom. The third kappa shape index (κ3) is 1.45. The first kappa shape index (κ1) is 11.5. The van der Waals surface area contributed by atoms with E-state index in [1.54, 1.807) is 0 Å². The van der Waals surface area contributed by atoms with Crippen LogP contribution in [0.5, 0.6) is 0 Å². The molecule has 0 amide bonds. The molecule has 5 nitrogen and oxygen atoms in total. The van der Waals surface area contributed by atoms with Gasteiger partial charge >= 0.3 is 5.97 Å². The summed E-state index contributed by atoms with van der Waals surface area (Å²) in [7, 11) is -3.41. The van der Waals surface area contributed by atoms with Crippen LogP contribution in [0.25, 0.3) is 0 Å². The van der Waals surface area contributed by atoms with Gasteiger partial charge in [-0.2, -0.15) is 8.42 Å². The highest BCUT2D eigenvalue weighted by molar-refractivity contribution is 8.16. The Morgan fingerprint density at radius 1 is 1.64 bits per heavy atom. The second-order valence-corrected chi connectivity index (χ2v) is 5.87. The molecule has 7 heteroatoms. The molecule has 2 unspecified atom stereocenters. The lowest BCUT2D eigenvalue weighted by molar-refractivity contribution is -0.141. The van der Waals surface area contributed by atoms with E-state index in [1.165, 1.54) is 18.4 Å². The summed E-state index contributed by atoms with van der Waals surface area (Å²) in [5.74, 6) is -1.57. The van der Waals surface area contributed by atoms with Gasteiger partial charge in [-0.05, 0) is 5.41 Å². The van der Waals surface area contributed by atoms with Gasteiger partial charge in [-0.15, -0.1) is 0 Å². The molecule has 0 aromatic heterocycles. The Labute approximate surface area is 86.3 Å². The molecule has 0 spiro atoms. The molecule has 1 rings (SSSR count). The van der Waals surface area contributed by atoms with Crippen molar-refractivity contribution < 1.29 is 22.5 Å². The Hall–Kier alpha value is -0.530. The first-order valence-electron chi connectivity index (χ1n) is 3.76. The first-order valence-corrected chi connectivity index (χ1v) is 6.08. The van der Waals surface area contributed by atoms with Crippen LogP contribution in [0.3, 0.4) is 0 Å². The molecular weight excluding hydrogens is 228 g/mol. The van der Waals surface area contributed by atoms with Crippen molar-refractivity contribution in [3.8, 4) is 0 Å². The van der Waals surface area contributed by atoms with Gasteiger partial charge in [0.05, 0.1) is 7.11 Å². The molecule has 1 heterocycles. The lowest BCUT2D eigenvalue weighted by Crippen LogP contribution is -2.46. The smallest absolute Gasteiger partial charge is 0.341 e. The average molecular weight is 238 g/mol. The quantitative estimate of drug-likeness (QED) is 0.561. The molecule has 0 aromatic rings. The lowest BCUT2D eigenvalue weighted by atomic mass is 10.1. The number of esters is 1. The zero-order valence-corrected chi connectivity index (χ0v) is 9.26. The van der Waals surface area contributed by atoms with E-state index in [1.807, 2.05) is 0 Å². The van der Waals surface area contributed by atoms with Gasteiger partial charge in [-0.25, -0.2) is 4.79 Å². The third-order valence-electron chi connectivity index (χ3n) is 2.06. The fourth-order valence-corrected chi connectivity index (χ4v) is 3.75. The van der Waals surface area contributed by atoms with Crippen LogP contribution < -0.4 is 0 Å². The molecule has 0 fully saturated rings. The molecule has 1 aliphatic heterocycles. The van der Waals surface area contributed by atoms with Crippen LogP contribution in [0, 0.1) is 5.92 Å². The van der Waals surface area contributed by atoms with Crippen LogP contribution >= 0.6 is 11.8 Å². The van der Waals surface area contributed by atoms with Crippen molar-refractivity contribution in [2.45, 2.75) is 11.0 Å². The third-order valence-corrected chi connectivity index (χ3v) is 5.47. The summed E-state index contributed by atoms with van der Waals surface area (Å²) < 4.78 is 33.8. The van der Waals surface area contributed by atoms with Crippen molar-refractivity contribution in [2.24, 2.45) is 5.92 Å². The van der Waals surface area contributed by atoms with Crippen molar-refractivity contribution in [1.82, 2.24) is 0 Å². The minimum atomic E-state index is -4.50. The number of rotatable bonds is 2. The largest absolute Gasteiger partial charge is 0.467 e. The van der Waals surface area contributed by atoms with Crippen molar-refractivity contribution in [3.05, 3.63) is 11.5 Å². The van der Waals surface area contributed by atoms with E-state index in [0.29, 0.717) is 0 Å². The van der Waals surface area contributed by atoms with Gasteiger partial charge in [0.25, 0.3) is 10.1 Å². The Balaban J connectivity index is 3.25. The summed E-state index contributed by atoms with van der Waals surface area (Å²) >= 11 is 0.744. The van der Waals surface area contributed by atoms with Gasteiger partial charge in [-0.1, -0.05) is 24.8 Å². The average Bonchev–Trinajstić information content (AvgIpc) is 2.45. The molecule has 0 aromatic carbocycles. The summed E-state index contributed by atoms with van der Waals surface area (Å²) in [6, 6.07) is 0. The van der Waals surface area contributed by atoms with Crippen molar-refractivity contribution >= 4 is 27.8 Å². The van der Waals surface area contributed by atoms with Crippen LogP contribution in [0.4, 0.5) is 0 Å². The van der Waals surface area contributed by atoms with Gasteiger partial charge in [0.1, 0.15) is 0 Å². The summed E-state index contributed by atoms with van der Waals surface area (Å²) in [4.78, 5) is 11.4. The van der Waals surface area contributed by atoms with Crippen LogP contribution in [0.1, 0.15) is 6.92 Å². The maximum atomic E-state index is 11.4. The molecule has 1 N–H and O–H groups in total. The number of thioether (sulfide) groups is 1. The van der Waals surface area contributed by atoms with E-state index in [4.69, 9.17) is 4.55 Å². The number of hydrogen-bond acceptors (Lipinski definition) is 5. The Morgan fingerprint density at radius 3 is 2.50 bits per heavy atom. The number of ether oxygens (including phenoxy) is 1. The van der Waals surface area contributed by atoms with Crippen LogP contribution in [-0.2, 0) is 19.6 Å². The SMILES string of the molecule is COC(=O)C1(S(=O)(=O)O)SC=CC1C. The number of allylic oxidation sites excluding steroid dienone is 1. The summed E-state index contributed by atoms with van der Waals surface area (Å²) in [5, 5.41) is 1.47. The van der Waals surface area contributed by atoms with Gasteiger partial charge in [-0.3, -0.25) is 4.55 Å². The van der Waals surface area contributed by atoms with Gasteiger partial charge in [0.15, 0.2) is 0 Å². The van der Waals surface area contributed by atoms with E-state index >= 15 is 0 Å². The van der Waals surface area contributed by atoms with Gasteiger partial charge < -0.3 is 4.74 Å². The van der Waals surface area contributed by atoms with E-state index in [-0.39, 0.29) is 0 Å². The minimum absolute atomic E-state index is 0.616. The molecule has 0 bridgehead atoms. The highest BCUT2D eigenvalue weighted by Gasteiger charge is 2.57. The van der Waals surface area contributed by atoms with Crippen LogP contribution in [0.15, 0.2) is 11.5 Å². The molecular formula is C7H10O5S2. The standard InChI is InChI=1S/C7H10O5S2/c1-5-3-4-13-7(5,6(8)12-2)14(9,10)11/h3-5H,1-2H3,(H,9,10,11).